The third-order valence-electron chi connectivity index (χ3n) is 3.39. The van der Waals surface area contributed by atoms with Crippen LogP contribution < -0.4 is 10.6 Å². The zero-order valence-corrected chi connectivity index (χ0v) is 10.6. The Labute approximate surface area is 102 Å². The normalized spacial score (nSPS) is 19.2. The van der Waals surface area contributed by atoms with Gasteiger partial charge in [-0.3, -0.25) is 0 Å². The first-order valence-electron chi connectivity index (χ1n) is 6.61. The Bertz CT molecular complexity index is 424. The highest BCUT2D eigenvalue weighted by Crippen LogP contribution is 2.28. The summed E-state index contributed by atoms with van der Waals surface area (Å²) in [5.74, 6) is 2.46. The fraction of sp³-hybridized carbons (Fsp3) is 0.692. The van der Waals surface area contributed by atoms with Crippen LogP contribution in [0.4, 0.5) is 5.82 Å². The average molecular weight is 232 g/mol. The number of nitrogens with zero attached hydrogens (tertiary/aromatic N) is 2. The van der Waals surface area contributed by atoms with Crippen molar-refractivity contribution in [2.24, 2.45) is 0 Å². The van der Waals surface area contributed by atoms with E-state index in [0.29, 0.717) is 12.0 Å². The molecule has 0 amide bonds. The van der Waals surface area contributed by atoms with Crippen molar-refractivity contribution in [2.75, 3.05) is 11.9 Å². The van der Waals surface area contributed by atoms with E-state index in [2.05, 4.69) is 29.5 Å². The van der Waals surface area contributed by atoms with Gasteiger partial charge in [0, 0.05) is 24.1 Å². The highest BCUT2D eigenvalue weighted by atomic mass is 15.1. The van der Waals surface area contributed by atoms with E-state index in [4.69, 9.17) is 4.98 Å². The molecule has 1 saturated carbocycles. The van der Waals surface area contributed by atoms with Crippen molar-refractivity contribution < 1.29 is 0 Å². The molecule has 17 heavy (non-hydrogen) atoms. The lowest BCUT2D eigenvalue weighted by atomic mass is 10.1. The molecule has 2 N–H and O–H groups in total. The summed E-state index contributed by atoms with van der Waals surface area (Å²) in [5.41, 5.74) is 2.53. The van der Waals surface area contributed by atoms with Crippen LogP contribution in [0, 0.1) is 0 Å². The third kappa shape index (κ3) is 2.27. The Morgan fingerprint density at radius 3 is 2.82 bits per heavy atom. The molecule has 4 heteroatoms. The molecule has 1 aromatic heterocycles. The Balaban J connectivity index is 1.99. The topological polar surface area (TPSA) is 49.8 Å². The van der Waals surface area contributed by atoms with Gasteiger partial charge in [-0.2, -0.15) is 0 Å². The lowest BCUT2D eigenvalue weighted by Crippen LogP contribution is -2.27. The van der Waals surface area contributed by atoms with Gasteiger partial charge >= 0.3 is 0 Å². The first kappa shape index (κ1) is 11.0. The summed E-state index contributed by atoms with van der Waals surface area (Å²) in [6, 6.07) is 0.656. The van der Waals surface area contributed by atoms with Gasteiger partial charge in [0.25, 0.3) is 0 Å². The first-order valence-corrected chi connectivity index (χ1v) is 6.61. The number of fused-ring (bicyclic) bond motifs is 1. The van der Waals surface area contributed by atoms with Gasteiger partial charge in [0.15, 0.2) is 0 Å². The van der Waals surface area contributed by atoms with Gasteiger partial charge < -0.3 is 10.6 Å². The van der Waals surface area contributed by atoms with E-state index in [0.717, 1.165) is 31.2 Å². The molecule has 1 aliphatic heterocycles. The van der Waals surface area contributed by atoms with Gasteiger partial charge in [0.2, 0.25) is 0 Å². The lowest BCUT2D eigenvalue weighted by molar-refractivity contribution is 0.611. The average Bonchev–Trinajstić information content (AvgIpc) is 3.13. The van der Waals surface area contributed by atoms with E-state index < -0.39 is 0 Å². The maximum absolute atomic E-state index is 4.72. The number of aromatic nitrogens is 2. The van der Waals surface area contributed by atoms with Crippen molar-refractivity contribution in [1.29, 1.82) is 0 Å². The van der Waals surface area contributed by atoms with Crippen molar-refractivity contribution in [3.05, 3.63) is 17.1 Å². The first-order chi connectivity index (χ1) is 8.24. The molecule has 4 nitrogen and oxygen atoms in total. The second kappa shape index (κ2) is 4.26. The third-order valence-corrected chi connectivity index (χ3v) is 3.39. The Morgan fingerprint density at radius 1 is 1.29 bits per heavy atom. The molecule has 0 radical (unpaired) electrons. The fourth-order valence-corrected chi connectivity index (χ4v) is 2.18. The SMILES string of the molecule is CC(C)c1nc2c(c(NC3CC3)n1)CCNC2. The second-order valence-corrected chi connectivity index (χ2v) is 5.36. The van der Waals surface area contributed by atoms with Gasteiger partial charge in [-0.15, -0.1) is 0 Å². The molecular formula is C13H20N4. The van der Waals surface area contributed by atoms with E-state index in [1.165, 1.54) is 24.1 Å². The Morgan fingerprint density at radius 2 is 2.12 bits per heavy atom. The van der Waals surface area contributed by atoms with Crippen LogP contribution in [0.15, 0.2) is 0 Å². The highest BCUT2D eigenvalue weighted by molar-refractivity contribution is 5.49. The van der Waals surface area contributed by atoms with Crippen LogP contribution in [0.3, 0.4) is 0 Å². The summed E-state index contributed by atoms with van der Waals surface area (Å²) in [6.45, 7) is 6.23. The second-order valence-electron chi connectivity index (χ2n) is 5.36. The van der Waals surface area contributed by atoms with Crippen molar-refractivity contribution in [1.82, 2.24) is 15.3 Å². The van der Waals surface area contributed by atoms with Gasteiger partial charge in [-0.1, -0.05) is 13.8 Å². The zero-order chi connectivity index (χ0) is 11.8. The molecular weight excluding hydrogens is 212 g/mol. The maximum atomic E-state index is 4.72. The number of rotatable bonds is 3. The molecule has 0 atom stereocenters. The van der Waals surface area contributed by atoms with Gasteiger partial charge in [0.1, 0.15) is 11.6 Å². The maximum Gasteiger partial charge on any atom is 0.133 e. The van der Waals surface area contributed by atoms with Crippen LogP contribution in [0.1, 0.15) is 49.7 Å². The Kier molecular flexibility index (Phi) is 2.74. The van der Waals surface area contributed by atoms with E-state index in [1.807, 2.05) is 0 Å². The van der Waals surface area contributed by atoms with Gasteiger partial charge in [0.05, 0.1) is 5.69 Å². The zero-order valence-electron chi connectivity index (χ0n) is 10.6. The molecule has 92 valence electrons. The minimum Gasteiger partial charge on any atom is -0.367 e. The van der Waals surface area contributed by atoms with Gasteiger partial charge in [-0.05, 0) is 25.8 Å². The fourth-order valence-electron chi connectivity index (χ4n) is 2.18. The minimum absolute atomic E-state index is 0.391. The molecule has 0 unspecified atom stereocenters. The number of hydrogen-bond donors (Lipinski definition) is 2. The largest absolute Gasteiger partial charge is 0.367 e. The van der Waals surface area contributed by atoms with Crippen LogP contribution in [0.2, 0.25) is 0 Å². The van der Waals surface area contributed by atoms with E-state index in [-0.39, 0.29) is 0 Å². The molecule has 2 aliphatic rings. The smallest absolute Gasteiger partial charge is 0.133 e. The van der Waals surface area contributed by atoms with Crippen molar-refractivity contribution >= 4 is 5.82 Å². The molecule has 3 rings (SSSR count). The quantitative estimate of drug-likeness (QED) is 0.834. The van der Waals surface area contributed by atoms with Crippen LogP contribution in [-0.4, -0.2) is 22.6 Å². The standard InChI is InChI=1S/C13H20N4/c1-8(2)12-16-11-7-14-6-5-10(11)13(17-12)15-9-3-4-9/h8-9,14H,3-7H2,1-2H3,(H,15,16,17). The predicted molar refractivity (Wildman–Crippen MR) is 68.2 cm³/mol. The van der Waals surface area contributed by atoms with Gasteiger partial charge in [-0.25, -0.2) is 9.97 Å². The molecule has 2 heterocycles. The molecule has 0 saturated heterocycles. The van der Waals surface area contributed by atoms with Crippen LogP contribution in [0.25, 0.3) is 0 Å². The lowest BCUT2D eigenvalue weighted by Gasteiger charge is -2.21. The highest BCUT2D eigenvalue weighted by Gasteiger charge is 2.25. The molecule has 0 bridgehead atoms. The molecule has 1 fully saturated rings. The minimum atomic E-state index is 0.391. The van der Waals surface area contributed by atoms with Crippen molar-refractivity contribution in [3.63, 3.8) is 0 Å². The molecule has 1 aromatic rings. The number of hydrogen-bond acceptors (Lipinski definition) is 4. The van der Waals surface area contributed by atoms with Crippen LogP contribution in [-0.2, 0) is 13.0 Å². The summed E-state index contributed by atoms with van der Waals surface area (Å²) in [6.07, 6.45) is 3.62. The van der Waals surface area contributed by atoms with Crippen molar-refractivity contribution in [2.45, 2.75) is 51.6 Å². The molecule has 0 spiro atoms. The summed E-state index contributed by atoms with van der Waals surface area (Å²) in [4.78, 5) is 9.40. The van der Waals surface area contributed by atoms with Crippen molar-refractivity contribution in [3.8, 4) is 0 Å². The van der Waals surface area contributed by atoms with E-state index in [9.17, 15) is 0 Å². The monoisotopic (exact) mass is 232 g/mol. The summed E-state index contributed by atoms with van der Waals surface area (Å²) in [5, 5.41) is 6.95. The number of anilines is 1. The van der Waals surface area contributed by atoms with E-state index >= 15 is 0 Å². The Hall–Kier alpha value is -1.16. The van der Waals surface area contributed by atoms with E-state index in [1.54, 1.807) is 0 Å². The number of nitrogens with one attached hydrogen (secondary N) is 2. The van der Waals surface area contributed by atoms with Crippen LogP contribution >= 0.6 is 0 Å². The molecule has 1 aliphatic carbocycles. The summed E-state index contributed by atoms with van der Waals surface area (Å²) >= 11 is 0. The van der Waals surface area contributed by atoms with Crippen LogP contribution in [0.5, 0.6) is 0 Å². The molecule has 0 aromatic carbocycles. The predicted octanol–water partition coefficient (Wildman–Crippen LogP) is 1.82. The summed E-state index contributed by atoms with van der Waals surface area (Å²) in [7, 11) is 0. The summed E-state index contributed by atoms with van der Waals surface area (Å²) < 4.78 is 0.